The number of hydrogen-bond acceptors (Lipinski definition) is 3. The number of likely N-dealkylation sites (N-methyl/N-ethyl adjacent to an activating group) is 1. The summed E-state index contributed by atoms with van der Waals surface area (Å²) in [4.78, 5) is 6.61. The molecule has 0 spiro atoms. The van der Waals surface area contributed by atoms with Crippen LogP contribution in [0.2, 0.25) is 0 Å². The number of hydrogen-bond donors (Lipinski definition) is 1. The van der Waals surface area contributed by atoms with E-state index in [2.05, 4.69) is 62.4 Å². The van der Waals surface area contributed by atoms with Crippen LogP contribution in [0.3, 0.4) is 0 Å². The summed E-state index contributed by atoms with van der Waals surface area (Å²) < 4.78 is 1.13. The molecule has 20 heavy (non-hydrogen) atoms. The number of aromatic nitrogens is 1. The summed E-state index contributed by atoms with van der Waals surface area (Å²) in [5.41, 5.74) is 3.62. The maximum atomic E-state index is 4.36. The van der Waals surface area contributed by atoms with Gasteiger partial charge < -0.3 is 10.2 Å². The Hall–Kier alpha value is -1.39. The maximum absolute atomic E-state index is 4.36. The SMILES string of the molecule is CNCc1ccc(N(C)CCc2ccccn2)c(Br)c1. The van der Waals surface area contributed by atoms with Crippen LogP contribution in [0, 0.1) is 0 Å². The summed E-state index contributed by atoms with van der Waals surface area (Å²) in [7, 11) is 4.07. The van der Waals surface area contributed by atoms with E-state index >= 15 is 0 Å². The number of benzene rings is 1. The van der Waals surface area contributed by atoms with E-state index in [1.54, 1.807) is 0 Å². The molecule has 3 nitrogen and oxygen atoms in total. The van der Waals surface area contributed by atoms with Gasteiger partial charge in [0.15, 0.2) is 0 Å². The Morgan fingerprint density at radius 2 is 2.10 bits per heavy atom. The van der Waals surface area contributed by atoms with Gasteiger partial charge in [-0.15, -0.1) is 0 Å². The Balaban J connectivity index is 2.00. The molecule has 0 bridgehead atoms. The van der Waals surface area contributed by atoms with Gasteiger partial charge in [-0.2, -0.15) is 0 Å². The molecule has 2 rings (SSSR count). The molecule has 2 aromatic rings. The first-order chi connectivity index (χ1) is 9.70. The van der Waals surface area contributed by atoms with Gasteiger partial charge in [-0.25, -0.2) is 0 Å². The number of nitrogens with one attached hydrogen (secondary N) is 1. The Kier molecular flexibility index (Phi) is 5.56. The van der Waals surface area contributed by atoms with Gasteiger partial charge in [-0.05, 0) is 52.8 Å². The second-order valence-electron chi connectivity index (χ2n) is 4.81. The average Bonchev–Trinajstić information content (AvgIpc) is 2.46. The quantitative estimate of drug-likeness (QED) is 0.879. The van der Waals surface area contributed by atoms with Crippen molar-refractivity contribution in [3.05, 3.63) is 58.3 Å². The third kappa shape index (κ3) is 4.05. The molecule has 0 amide bonds. The summed E-state index contributed by atoms with van der Waals surface area (Å²) in [5, 5.41) is 3.16. The molecule has 0 aliphatic rings. The van der Waals surface area contributed by atoms with Crippen molar-refractivity contribution in [2.45, 2.75) is 13.0 Å². The fourth-order valence-electron chi connectivity index (χ4n) is 2.12. The lowest BCUT2D eigenvalue weighted by Crippen LogP contribution is -2.21. The van der Waals surface area contributed by atoms with E-state index in [9.17, 15) is 0 Å². The Morgan fingerprint density at radius 1 is 1.25 bits per heavy atom. The smallest absolute Gasteiger partial charge is 0.0508 e. The molecule has 0 aliphatic carbocycles. The van der Waals surface area contributed by atoms with Crippen molar-refractivity contribution >= 4 is 21.6 Å². The predicted octanol–water partition coefficient (Wildman–Crippen LogP) is 3.24. The molecule has 106 valence electrons. The van der Waals surface area contributed by atoms with Crippen molar-refractivity contribution in [2.24, 2.45) is 0 Å². The number of halogens is 1. The number of anilines is 1. The number of rotatable bonds is 6. The minimum absolute atomic E-state index is 0.885. The molecular formula is C16H20BrN3. The van der Waals surface area contributed by atoms with Gasteiger partial charge in [0.25, 0.3) is 0 Å². The minimum Gasteiger partial charge on any atom is -0.373 e. The third-order valence-corrected chi connectivity index (χ3v) is 3.87. The normalized spacial score (nSPS) is 10.6. The minimum atomic E-state index is 0.885. The van der Waals surface area contributed by atoms with E-state index in [0.717, 1.165) is 29.7 Å². The maximum Gasteiger partial charge on any atom is 0.0508 e. The first kappa shape index (κ1) is 15.0. The molecule has 1 N–H and O–H groups in total. The molecular weight excluding hydrogens is 314 g/mol. The van der Waals surface area contributed by atoms with E-state index in [1.165, 1.54) is 11.3 Å². The summed E-state index contributed by atoms with van der Waals surface area (Å²) in [6.45, 7) is 1.83. The highest BCUT2D eigenvalue weighted by atomic mass is 79.9. The van der Waals surface area contributed by atoms with Crippen LogP contribution in [-0.4, -0.2) is 25.6 Å². The molecule has 0 aliphatic heterocycles. The van der Waals surface area contributed by atoms with Crippen molar-refractivity contribution in [1.29, 1.82) is 0 Å². The van der Waals surface area contributed by atoms with Crippen molar-refractivity contribution in [2.75, 3.05) is 25.5 Å². The fourth-order valence-corrected chi connectivity index (χ4v) is 2.85. The topological polar surface area (TPSA) is 28.2 Å². The van der Waals surface area contributed by atoms with Gasteiger partial charge >= 0.3 is 0 Å². The number of nitrogens with zero attached hydrogens (tertiary/aromatic N) is 2. The zero-order valence-corrected chi connectivity index (χ0v) is 13.5. The highest BCUT2D eigenvalue weighted by molar-refractivity contribution is 9.10. The highest BCUT2D eigenvalue weighted by Gasteiger charge is 2.07. The molecule has 0 unspecified atom stereocenters. The molecule has 4 heteroatoms. The molecule has 0 fully saturated rings. The van der Waals surface area contributed by atoms with Crippen molar-refractivity contribution in [3.63, 3.8) is 0 Å². The van der Waals surface area contributed by atoms with Crippen LogP contribution in [0.25, 0.3) is 0 Å². The molecule has 1 heterocycles. The largest absolute Gasteiger partial charge is 0.373 e. The van der Waals surface area contributed by atoms with Gasteiger partial charge in [-0.1, -0.05) is 12.1 Å². The highest BCUT2D eigenvalue weighted by Crippen LogP contribution is 2.26. The van der Waals surface area contributed by atoms with Gasteiger partial charge in [0, 0.05) is 42.9 Å². The lowest BCUT2D eigenvalue weighted by molar-refractivity contribution is 0.815. The van der Waals surface area contributed by atoms with Gasteiger partial charge in [0.2, 0.25) is 0 Å². The van der Waals surface area contributed by atoms with Crippen molar-refractivity contribution in [1.82, 2.24) is 10.3 Å². The molecule has 1 aromatic heterocycles. The molecule has 1 aromatic carbocycles. The lowest BCUT2D eigenvalue weighted by Gasteiger charge is -2.21. The van der Waals surface area contributed by atoms with E-state index in [-0.39, 0.29) is 0 Å². The van der Waals surface area contributed by atoms with Gasteiger partial charge in [0.05, 0.1) is 5.69 Å². The van der Waals surface area contributed by atoms with Gasteiger partial charge in [0.1, 0.15) is 0 Å². The van der Waals surface area contributed by atoms with Gasteiger partial charge in [-0.3, -0.25) is 4.98 Å². The van der Waals surface area contributed by atoms with E-state index in [0.29, 0.717) is 0 Å². The molecule has 0 saturated carbocycles. The summed E-state index contributed by atoms with van der Waals surface area (Å²) in [6.07, 6.45) is 2.79. The number of pyridine rings is 1. The summed E-state index contributed by atoms with van der Waals surface area (Å²) in [6, 6.07) is 12.5. The molecule has 0 atom stereocenters. The second kappa shape index (κ2) is 7.41. The average molecular weight is 334 g/mol. The predicted molar refractivity (Wildman–Crippen MR) is 88.1 cm³/mol. The van der Waals surface area contributed by atoms with E-state index in [1.807, 2.05) is 25.4 Å². The van der Waals surface area contributed by atoms with Crippen LogP contribution in [0.5, 0.6) is 0 Å². The zero-order valence-electron chi connectivity index (χ0n) is 11.9. The van der Waals surface area contributed by atoms with Crippen molar-refractivity contribution in [3.8, 4) is 0 Å². The van der Waals surface area contributed by atoms with Crippen LogP contribution < -0.4 is 10.2 Å². The van der Waals surface area contributed by atoms with Crippen LogP contribution in [-0.2, 0) is 13.0 Å². The van der Waals surface area contributed by atoms with E-state index < -0.39 is 0 Å². The first-order valence-corrected chi connectivity index (χ1v) is 7.54. The summed E-state index contributed by atoms with van der Waals surface area (Å²) >= 11 is 3.66. The molecule has 0 saturated heterocycles. The van der Waals surface area contributed by atoms with E-state index in [4.69, 9.17) is 0 Å². The standard InChI is InChI=1S/C16H20BrN3/c1-18-12-13-6-7-16(15(17)11-13)20(2)10-8-14-5-3-4-9-19-14/h3-7,9,11,18H,8,10,12H2,1-2H3. The molecule has 0 radical (unpaired) electrons. The van der Waals surface area contributed by atoms with Crippen molar-refractivity contribution < 1.29 is 0 Å². The Morgan fingerprint density at radius 3 is 2.75 bits per heavy atom. The van der Waals surface area contributed by atoms with Crippen LogP contribution in [0.1, 0.15) is 11.3 Å². The monoisotopic (exact) mass is 333 g/mol. The van der Waals surface area contributed by atoms with Crippen LogP contribution >= 0.6 is 15.9 Å². The van der Waals surface area contributed by atoms with Crippen LogP contribution in [0.4, 0.5) is 5.69 Å². The zero-order chi connectivity index (χ0) is 14.4. The summed E-state index contributed by atoms with van der Waals surface area (Å²) in [5.74, 6) is 0. The Bertz CT molecular complexity index is 543. The Labute approximate surface area is 129 Å². The van der Waals surface area contributed by atoms with Crippen LogP contribution in [0.15, 0.2) is 47.1 Å². The first-order valence-electron chi connectivity index (χ1n) is 6.75. The lowest BCUT2D eigenvalue weighted by atomic mass is 10.2. The fraction of sp³-hybridized carbons (Fsp3) is 0.312. The third-order valence-electron chi connectivity index (χ3n) is 3.23. The second-order valence-corrected chi connectivity index (χ2v) is 5.66.